The lowest BCUT2D eigenvalue weighted by atomic mass is 10.2. The molecule has 0 spiro atoms. The Morgan fingerprint density at radius 1 is 1.15 bits per heavy atom. The predicted octanol–water partition coefficient (Wildman–Crippen LogP) is 2.70. The van der Waals surface area contributed by atoms with Crippen molar-refractivity contribution >= 4 is 11.6 Å². The number of carbonyl (C=O) groups excluding carboxylic acids is 1. The van der Waals surface area contributed by atoms with E-state index in [1.54, 1.807) is 13.2 Å². The molecule has 0 aliphatic rings. The van der Waals surface area contributed by atoms with Gasteiger partial charge in [0.2, 0.25) is 0 Å². The molecule has 0 aliphatic carbocycles. The van der Waals surface area contributed by atoms with Gasteiger partial charge in [-0.05, 0) is 25.1 Å². The second-order valence-corrected chi connectivity index (χ2v) is 5.38. The third-order valence-electron chi connectivity index (χ3n) is 3.68. The largest absolute Gasteiger partial charge is 0.496 e. The quantitative estimate of drug-likeness (QED) is 0.574. The first-order valence-corrected chi connectivity index (χ1v) is 7.85. The first-order chi connectivity index (χ1) is 12.5. The molecule has 1 N–H and O–H groups in total. The number of rotatable bonds is 8. The standard InChI is InChI=1S/C18H20N2O6/c1-12(18(21)19-11-13-6-4-5-7-16(13)25-3)26-17-9-8-14(24-2)10-15(17)20(22)23/h4-10,12H,11H2,1-3H3,(H,19,21)/t12-/m1/s1. The number of nitrogens with zero attached hydrogens (tertiary/aromatic N) is 1. The van der Waals surface area contributed by atoms with Gasteiger partial charge in [-0.15, -0.1) is 0 Å². The molecule has 0 saturated heterocycles. The number of benzene rings is 2. The Kier molecular flexibility index (Phi) is 6.37. The van der Waals surface area contributed by atoms with E-state index in [0.29, 0.717) is 11.5 Å². The predicted molar refractivity (Wildman–Crippen MR) is 94.6 cm³/mol. The normalized spacial score (nSPS) is 11.3. The van der Waals surface area contributed by atoms with Crippen LogP contribution in [0.15, 0.2) is 42.5 Å². The van der Waals surface area contributed by atoms with Gasteiger partial charge in [-0.1, -0.05) is 18.2 Å². The Labute approximate surface area is 150 Å². The van der Waals surface area contributed by atoms with Crippen molar-refractivity contribution in [2.45, 2.75) is 19.6 Å². The van der Waals surface area contributed by atoms with E-state index in [2.05, 4.69) is 5.32 Å². The molecule has 26 heavy (non-hydrogen) atoms. The molecule has 8 nitrogen and oxygen atoms in total. The molecule has 0 aromatic heterocycles. The summed E-state index contributed by atoms with van der Waals surface area (Å²) in [5, 5.41) is 13.9. The number of carbonyl (C=O) groups is 1. The molecule has 1 atom stereocenters. The van der Waals surface area contributed by atoms with Crippen LogP contribution in [0, 0.1) is 10.1 Å². The topological polar surface area (TPSA) is 99.9 Å². The van der Waals surface area contributed by atoms with Gasteiger partial charge in [0.25, 0.3) is 5.91 Å². The van der Waals surface area contributed by atoms with Crippen LogP contribution in [0.4, 0.5) is 5.69 Å². The van der Waals surface area contributed by atoms with Crippen molar-refractivity contribution in [3.8, 4) is 17.2 Å². The fraction of sp³-hybridized carbons (Fsp3) is 0.278. The van der Waals surface area contributed by atoms with E-state index >= 15 is 0 Å². The van der Waals surface area contributed by atoms with Crippen LogP contribution in [-0.4, -0.2) is 31.2 Å². The summed E-state index contributed by atoms with van der Waals surface area (Å²) < 4.78 is 15.7. The van der Waals surface area contributed by atoms with Crippen molar-refractivity contribution in [1.82, 2.24) is 5.32 Å². The lowest BCUT2D eigenvalue weighted by molar-refractivity contribution is -0.386. The molecule has 0 bridgehead atoms. The van der Waals surface area contributed by atoms with E-state index in [4.69, 9.17) is 14.2 Å². The number of methoxy groups -OCH3 is 2. The van der Waals surface area contributed by atoms with Crippen LogP contribution in [-0.2, 0) is 11.3 Å². The minimum Gasteiger partial charge on any atom is -0.496 e. The van der Waals surface area contributed by atoms with Crippen LogP contribution in [0.3, 0.4) is 0 Å². The van der Waals surface area contributed by atoms with E-state index in [-0.39, 0.29) is 18.0 Å². The molecule has 2 aromatic carbocycles. The molecule has 0 fully saturated rings. The SMILES string of the molecule is COc1ccc(O[C@H](C)C(=O)NCc2ccccc2OC)c([N+](=O)[O-])c1. The highest BCUT2D eigenvalue weighted by atomic mass is 16.6. The number of para-hydroxylation sites is 1. The van der Waals surface area contributed by atoms with Gasteiger partial charge in [-0.3, -0.25) is 14.9 Å². The second-order valence-electron chi connectivity index (χ2n) is 5.38. The van der Waals surface area contributed by atoms with E-state index in [1.165, 1.54) is 32.2 Å². The maximum atomic E-state index is 12.3. The highest BCUT2D eigenvalue weighted by Crippen LogP contribution is 2.31. The number of nitro groups is 1. The van der Waals surface area contributed by atoms with Gasteiger partial charge in [-0.2, -0.15) is 0 Å². The monoisotopic (exact) mass is 360 g/mol. The summed E-state index contributed by atoms with van der Waals surface area (Å²) in [4.78, 5) is 22.8. The fourth-order valence-corrected chi connectivity index (χ4v) is 2.29. The molecular weight excluding hydrogens is 340 g/mol. The summed E-state index contributed by atoms with van der Waals surface area (Å²) in [6, 6.07) is 11.5. The summed E-state index contributed by atoms with van der Waals surface area (Å²) in [6.07, 6.45) is -0.920. The molecule has 0 radical (unpaired) electrons. The maximum absolute atomic E-state index is 12.3. The summed E-state index contributed by atoms with van der Waals surface area (Å²) in [5.74, 6) is 0.584. The zero-order valence-corrected chi connectivity index (χ0v) is 14.7. The zero-order valence-electron chi connectivity index (χ0n) is 14.7. The molecule has 0 heterocycles. The number of amides is 1. The molecule has 0 aliphatic heterocycles. The number of ether oxygens (including phenoxy) is 3. The van der Waals surface area contributed by atoms with Crippen molar-refractivity contribution < 1.29 is 23.9 Å². The van der Waals surface area contributed by atoms with Gasteiger partial charge in [0.1, 0.15) is 11.5 Å². The van der Waals surface area contributed by atoms with Crippen molar-refractivity contribution in [3.63, 3.8) is 0 Å². The van der Waals surface area contributed by atoms with E-state index < -0.39 is 16.9 Å². The Balaban J connectivity index is 2.04. The average molecular weight is 360 g/mol. The van der Waals surface area contributed by atoms with Gasteiger partial charge < -0.3 is 19.5 Å². The van der Waals surface area contributed by atoms with Crippen LogP contribution in [0.1, 0.15) is 12.5 Å². The molecular formula is C18H20N2O6. The molecule has 8 heteroatoms. The Hall–Kier alpha value is -3.29. The van der Waals surface area contributed by atoms with Crippen LogP contribution in [0.25, 0.3) is 0 Å². The Morgan fingerprint density at radius 3 is 2.54 bits per heavy atom. The second kappa shape index (κ2) is 8.70. The molecule has 2 rings (SSSR count). The fourth-order valence-electron chi connectivity index (χ4n) is 2.29. The highest BCUT2D eigenvalue weighted by molar-refractivity contribution is 5.80. The van der Waals surface area contributed by atoms with Crippen molar-refractivity contribution in [2.24, 2.45) is 0 Å². The number of nitrogens with one attached hydrogen (secondary N) is 1. The van der Waals surface area contributed by atoms with Crippen molar-refractivity contribution in [1.29, 1.82) is 0 Å². The smallest absolute Gasteiger partial charge is 0.314 e. The molecule has 0 unspecified atom stereocenters. The minimum absolute atomic E-state index is 0.00394. The molecule has 1 amide bonds. The number of hydrogen-bond donors (Lipinski definition) is 1. The minimum atomic E-state index is -0.920. The third kappa shape index (κ3) is 4.62. The summed E-state index contributed by atoms with van der Waals surface area (Å²) in [5.41, 5.74) is 0.541. The van der Waals surface area contributed by atoms with E-state index in [9.17, 15) is 14.9 Å². The van der Waals surface area contributed by atoms with Crippen LogP contribution >= 0.6 is 0 Å². The first-order valence-electron chi connectivity index (χ1n) is 7.85. The summed E-state index contributed by atoms with van der Waals surface area (Å²) in [6.45, 7) is 1.77. The van der Waals surface area contributed by atoms with Gasteiger partial charge >= 0.3 is 5.69 Å². The third-order valence-corrected chi connectivity index (χ3v) is 3.68. The van der Waals surface area contributed by atoms with Crippen LogP contribution in [0.2, 0.25) is 0 Å². The van der Waals surface area contributed by atoms with Gasteiger partial charge in [0.15, 0.2) is 11.9 Å². The lowest BCUT2D eigenvalue weighted by Gasteiger charge is -2.16. The van der Waals surface area contributed by atoms with Gasteiger partial charge in [0, 0.05) is 12.1 Å². The molecule has 138 valence electrons. The van der Waals surface area contributed by atoms with Crippen molar-refractivity contribution in [3.05, 3.63) is 58.1 Å². The maximum Gasteiger partial charge on any atom is 0.314 e. The summed E-state index contributed by atoms with van der Waals surface area (Å²) in [7, 11) is 2.96. The van der Waals surface area contributed by atoms with Gasteiger partial charge in [0.05, 0.1) is 25.2 Å². The first kappa shape index (κ1) is 19.0. The van der Waals surface area contributed by atoms with Crippen molar-refractivity contribution in [2.75, 3.05) is 14.2 Å². The lowest BCUT2D eigenvalue weighted by Crippen LogP contribution is -2.36. The van der Waals surface area contributed by atoms with E-state index in [0.717, 1.165) is 5.56 Å². The molecule has 2 aromatic rings. The number of nitro benzene ring substituents is 1. The Bertz CT molecular complexity index is 793. The van der Waals surface area contributed by atoms with E-state index in [1.807, 2.05) is 18.2 Å². The van der Waals surface area contributed by atoms with Gasteiger partial charge in [-0.25, -0.2) is 0 Å². The highest BCUT2D eigenvalue weighted by Gasteiger charge is 2.22. The summed E-state index contributed by atoms with van der Waals surface area (Å²) >= 11 is 0. The zero-order chi connectivity index (χ0) is 19.1. The average Bonchev–Trinajstić information content (AvgIpc) is 2.66. The Morgan fingerprint density at radius 2 is 1.88 bits per heavy atom. The number of hydrogen-bond acceptors (Lipinski definition) is 6. The molecule has 0 saturated carbocycles. The van der Waals surface area contributed by atoms with Crippen LogP contribution < -0.4 is 19.5 Å². The van der Waals surface area contributed by atoms with Crippen LogP contribution in [0.5, 0.6) is 17.2 Å².